The highest BCUT2D eigenvalue weighted by Crippen LogP contribution is 2.33. The maximum atomic E-state index is 13.3. The van der Waals surface area contributed by atoms with E-state index in [9.17, 15) is 14.9 Å². The van der Waals surface area contributed by atoms with Crippen molar-refractivity contribution < 1.29 is 19.1 Å². The molecule has 1 aliphatic heterocycles. The maximum Gasteiger partial charge on any atom is 0.411 e. The van der Waals surface area contributed by atoms with E-state index >= 15 is 0 Å². The Hall–Kier alpha value is -3.37. The van der Waals surface area contributed by atoms with E-state index in [2.05, 4.69) is 17.5 Å². The van der Waals surface area contributed by atoms with Gasteiger partial charge in [0.15, 0.2) is 5.60 Å². The summed E-state index contributed by atoms with van der Waals surface area (Å²) in [4.78, 5) is 28.1. The first kappa shape index (κ1) is 23.8. The topological polar surface area (TPSA) is 91.7 Å². The Morgan fingerprint density at radius 3 is 2.47 bits per heavy atom. The highest BCUT2D eigenvalue weighted by molar-refractivity contribution is 5.88. The number of nitrogens with zero attached hydrogens (tertiary/aromatic N) is 2. The van der Waals surface area contributed by atoms with Crippen molar-refractivity contribution in [1.82, 2.24) is 10.2 Å². The lowest BCUT2D eigenvalue weighted by Gasteiger charge is -2.38. The van der Waals surface area contributed by atoms with Crippen LogP contribution in [0.3, 0.4) is 0 Å². The summed E-state index contributed by atoms with van der Waals surface area (Å²) in [5, 5.41) is 12.3. The molecule has 2 amide bonds. The van der Waals surface area contributed by atoms with Crippen molar-refractivity contribution in [2.45, 2.75) is 63.3 Å². The molecule has 1 unspecified atom stereocenters. The third-order valence-corrected chi connectivity index (χ3v) is 6.60. The van der Waals surface area contributed by atoms with Gasteiger partial charge in [-0.15, -0.1) is 0 Å². The highest BCUT2D eigenvalue weighted by atomic mass is 16.6. The zero-order valence-corrected chi connectivity index (χ0v) is 19.4. The molecule has 0 saturated heterocycles. The quantitative estimate of drug-likeness (QED) is 0.670. The molecule has 2 aliphatic rings. The first-order valence-electron chi connectivity index (χ1n) is 12.0. The van der Waals surface area contributed by atoms with E-state index in [0.717, 1.165) is 36.8 Å². The fraction of sp³-hybridized carbons (Fsp3) is 0.444. The predicted octanol–water partition coefficient (Wildman–Crippen LogP) is 4.11. The Labute approximate surface area is 200 Å². The molecule has 0 spiro atoms. The Bertz CT molecular complexity index is 1030. The number of ether oxygens (including phenoxy) is 2. The summed E-state index contributed by atoms with van der Waals surface area (Å²) in [5.74, 6) is -0.409. The van der Waals surface area contributed by atoms with E-state index in [1.54, 1.807) is 4.90 Å². The van der Waals surface area contributed by atoms with Crippen LogP contribution in [0.5, 0.6) is 0 Å². The minimum Gasteiger partial charge on any atom is -0.433 e. The van der Waals surface area contributed by atoms with Crippen molar-refractivity contribution in [2.24, 2.45) is 0 Å². The van der Waals surface area contributed by atoms with Gasteiger partial charge < -0.3 is 19.7 Å². The second-order valence-electron chi connectivity index (χ2n) is 9.02. The SMILES string of the molecule is N#CC(COCc1ccccc1)NC(=O)C1(OC(=O)N2CCc3ccccc3C2)CCCCC1. The van der Waals surface area contributed by atoms with Crippen LogP contribution in [-0.2, 0) is 33.8 Å². The molecule has 4 rings (SSSR count). The van der Waals surface area contributed by atoms with E-state index in [-0.39, 0.29) is 6.61 Å². The van der Waals surface area contributed by atoms with Crippen LogP contribution in [0.4, 0.5) is 4.79 Å². The van der Waals surface area contributed by atoms with Crippen LogP contribution < -0.4 is 5.32 Å². The van der Waals surface area contributed by atoms with Gasteiger partial charge in [-0.3, -0.25) is 4.79 Å². The molecular formula is C27H31N3O4. The van der Waals surface area contributed by atoms with Gasteiger partial charge in [0.05, 0.1) is 19.3 Å². The third-order valence-electron chi connectivity index (χ3n) is 6.60. The largest absolute Gasteiger partial charge is 0.433 e. The summed E-state index contributed by atoms with van der Waals surface area (Å²) in [6.07, 6.45) is 3.79. The van der Waals surface area contributed by atoms with Crippen molar-refractivity contribution in [3.05, 3.63) is 71.3 Å². The zero-order valence-electron chi connectivity index (χ0n) is 19.4. The number of hydrogen-bond acceptors (Lipinski definition) is 5. The Morgan fingerprint density at radius 2 is 1.74 bits per heavy atom. The molecule has 0 aromatic heterocycles. The second-order valence-corrected chi connectivity index (χ2v) is 9.02. The molecule has 7 nitrogen and oxygen atoms in total. The normalized spacial score (nSPS) is 17.7. The average molecular weight is 462 g/mol. The molecule has 1 fully saturated rings. The lowest BCUT2D eigenvalue weighted by Crippen LogP contribution is -2.55. The van der Waals surface area contributed by atoms with E-state index in [1.807, 2.05) is 48.5 Å². The van der Waals surface area contributed by atoms with Crippen LogP contribution in [0.15, 0.2) is 54.6 Å². The summed E-state index contributed by atoms with van der Waals surface area (Å²) in [7, 11) is 0. The van der Waals surface area contributed by atoms with Gasteiger partial charge in [0.25, 0.3) is 5.91 Å². The molecule has 0 radical (unpaired) electrons. The molecule has 1 aliphatic carbocycles. The van der Waals surface area contributed by atoms with Crippen LogP contribution >= 0.6 is 0 Å². The smallest absolute Gasteiger partial charge is 0.411 e. The molecule has 1 heterocycles. The van der Waals surface area contributed by atoms with Gasteiger partial charge in [0, 0.05) is 13.1 Å². The van der Waals surface area contributed by atoms with Crippen LogP contribution in [0, 0.1) is 11.3 Å². The van der Waals surface area contributed by atoms with Gasteiger partial charge in [0.2, 0.25) is 0 Å². The molecule has 2 aromatic carbocycles. The zero-order chi connectivity index (χ0) is 23.8. The highest BCUT2D eigenvalue weighted by Gasteiger charge is 2.45. The summed E-state index contributed by atoms with van der Waals surface area (Å²) >= 11 is 0. The average Bonchev–Trinajstić information content (AvgIpc) is 2.88. The number of nitrogens with one attached hydrogen (secondary N) is 1. The first-order valence-corrected chi connectivity index (χ1v) is 12.0. The molecule has 1 saturated carbocycles. The molecule has 1 N–H and O–H groups in total. The lowest BCUT2D eigenvalue weighted by molar-refractivity contribution is -0.145. The van der Waals surface area contributed by atoms with E-state index in [0.29, 0.717) is 32.5 Å². The van der Waals surface area contributed by atoms with Crippen molar-refractivity contribution in [1.29, 1.82) is 5.26 Å². The molecular weight excluding hydrogens is 430 g/mol. The van der Waals surface area contributed by atoms with Gasteiger partial charge in [-0.25, -0.2) is 4.79 Å². The minimum absolute atomic E-state index is 0.0596. The van der Waals surface area contributed by atoms with Gasteiger partial charge >= 0.3 is 6.09 Å². The monoisotopic (exact) mass is 461 g/mol. The molecule has 178 valence electrons. The number of carbonyl (C=O) groups excluding carboxylic acids is 2. The van der Waals surface area contributed by atoms with E-state index < -0.39 is 23.6 Å². The third kappa shape index (κ3) is 5.75. The number of nitriles is 1. The molecule has 0 bridgehead atoms. The number of hydrogen-bond donors (Lipinski definition) is 1. The van der Waals surface area contributed by atoms with Crippen molar-refractivity contribution in [3.63, 3.8) is 0 Å². The van der Waals surface area contributed by atoms with Gasteiger partial charge in [-0.1, -0.05) is 61.0 Å². The van der Waals surface area contributed by atoms with Crippen LogP contribution in [0.2, 0.25) is 0 Å². The lowest BCUT2D eigenvalue weighted by atomic mass is 9.83. The minimum atomic E-state index is -1.25. The summed E-state index contributed by atoms with van der Waals surface area (Å²) in [5.41, 5.74) is 2.09. The number of benzene rings is 2. The molecule has 2 aromatic rings. The standard InChI is InChI=1S/C27H31N3O4/c28-17-24(20-33-19-21-9-3-1-4-10-21)29-25(31)27(14-7-2-8-15-27)34-26(32)30-16-13-22-11-5-6-12-23(22)18-30/h1,3-6,9-12,24H,2,7-8,13-16,18-20H2,(H,29,31). The van der Waals surface area contributed by atoms with Gasteiger partial charge in [-0.2, -0.15) is 5.26 Å². The van der Waals surface area contributed by atoms with E-state index in [1.165, 1.54) is 5.56 Å². The van der Waals surface area contributed by atoms with Crippen LogP contribution in [0.25, 0.3) is 0 Å². The van der Waals surface area contributed by atoms with Crippen molar-refractivity contribution >= 4 is 12.0 Å². The summed E-state index contributed by atoms with van der Waals surface area (Å²) in [6.45, 7) is 1.44. The summed E-state index contributed by atoms with van der Waals surface area (Å²) in [6, 6.07) is 19.0. The predicted molar refractivity (Wildman–Crippen MR) is 126 cm³/mol. The first-order chi connectivity index (χ1) is 16.6. The Morgan fingerprint density at radius 1 is 1.03 bits per heavy atom. The Kier molecular flexibility index (Phi) is 7.81. The number of rotatable bonds is 7. The van der Waals surface area contributed by atoms with Crippen LogP contribution in [0.1, 0.15) is 48.8 Å². The molecule has 7 heteroatoms. The second kappa shape index (κ2) is 11.2. The number of carbonyl (C=O) groups is 2. The van der Waals surface area contributed by atoms with E-state index in [4.69, 9.17) is 9.47 Å². The van der Waals surface area contributed by atoms with Crippen molar-refractivity contribution in [2.75, 3.05) is 13.2 Å². The van der Waals surface area contributed by atoms with Crippen molar-refractivity contribution in [3.8, 4) is 6.07 Å². The molecule has 1 atom stereocenters. The number of amides is 2. The summed E-state index contributed by atoms with van der Waals surface area (Å²) < 4.78 is 11.6. The van der Waals surface area contributed by atoms with Gasteiger partial charge in [-0.05, 0) is 48.8 Å². The van der Waals surface area contributed by atoms with Gasteiger partial charge in [0.1, 0.15) is 6.04 Å². The Balaban J connectivity index is 1.37. The maximum absolute atomic E-state index is 13.3. The fourth-order valence-corrected chi connectivity index (χ4v) is 4.65. The number of fused-ring (bicyclic) bond motifs is 1. The van der Waals surface area contributed by atoms with Crippen LogP contribution in [-0.4, -0.2) is 41.7 Å². The molecule has 34 heavy (non-hydrogen) atoms. The fourth-order valence-electron chi connectivity index (χ4n) is 4.65.